The average Bonchev–Trinajstić information content (AvgIpc) is 3.27. The van der Waals surface area contributed by atoms with E-state index < -0.39 is 5.97 Å². The molecule has 0 saturated heterocycles. The monoisotopic (exact) mass is 519 g/mol. The first-order valence-electron chi connectivity index (χ1n) is 12.7. The number of hydrogen-bond donors (Lipinski definition) is 0. The average molecular weight is 520 g/mol. The number of ketones is 1. The number of carbonyl (C=O) groups excluding carboxylic acids is 2. The van der Waals surface area contributed by atoms with Gasteiger partial charge in [-0.3, -0.25) is 4.79 Å². The van der Waals surface area contributed by atoms with Crippen molar-refractivity contribution in [2.75, 3.05) is 7.11 Å². The number of benzene rings is 4. The molecule has 0 N–H and O–H groups in total. The van der Waals surface area contributed by atoms with Gasteiger partial charge in [0.1, 0.15) is 0 Å². The Morgan fingerprint density at radius 3 is 2.39 bits per heavy atom. The van der Waals surface area contributed by atoms with Crippen LogP contribution in [0.1, 0.15) is 49.9 Å². The van der Waals surface area contributed by atoms with Crippen LogP contribution >= 0.6 is 11.6 Å². The predicted octanol–water partition coefficient (Wildman–Crippen LogP) is 7.71. The zero-order chi connectivity index (χ0) is 26.2. The Labute approximate surface area is 226 Å². The van der Waals surface area contributed by atoms with Crippen molar-refractivity contribution in [2.45, 2.75) is 25.3 Å². The van der Waals surface area contributed by atoms with E-state index in [0.717, 1.165) is 33.5 Å². The number of fused-ring (bicyclic) bond motifs is 3. The minimum absolute atomic E-state index is 0.0348. The normalized spacial score (nSPS) is 14.9. The summed E-state index contributed by atoms with van der Waals surface area (Å²) < 4.78 is 7.30. The Balaban J connectivity index is 1.51. The molecular formula is C33H26ClNO3. The summed E-state index contributed by atoms with van der Waals surface area (Å²) in [4.78, 5) is 26.5. The van der Waals surface area contributed by atoms with Gasteiger partial charge in [0, 0.05) is 34.6 Å². The summed E-state index contributed by atoms with van der Waals surface area (Å²) in [5.41, 5.74) is 7.39. The first-order valence-corrected chi connectivity index (χ1v) is 13.1. The van der Waals surface area contributed by atoms with Crippen LogP contribution in [0.25, 0.3) is 22.0 Å². The zero-order valence-corrected chi connectivity index (χ0v) is 21.7. The lowest BCUT2D eigenvalue weighted by Gasteiger charge is -2.24. The van der Waals surface area contributed by atoms with Crippen LogP contribution < -0.4 is 0 Å². The largest absolute Gasteiger partial charge is 0.465 e. The third kappa shape index (κ3) is 4.31. The van der Waals surface area contributed by atoms with Gasteiger partial charge in [0.15, 0.2) is 5.78 Å². The molecule has 0 saturated carbocycles. The molecule has 0 spiro atoms. The van der Waals surface area contributed by atoms with Crippen LogP contribution in [0, 0.1) is 0 Å². The number of methoxy groups -OCH3 is 1. The molecule has 38 heavy (non-hydrogen) atoms. The lowest BCUT2D eigenvalue weighted by Crippen LogP contribution is -2.21. The number of esters is 1. The fourth-order valence-corrected chi connectivity index (χ4v) is 5.82. The second-order valence-electron chi connectivity index (χ2n) is 9.75. The van der Waals surface area contributed by atoms with Crippen molar-refractivity contribution in [2.24, 2.45) is 0 Å². The van der Waals surface area contributed by atoms with Gasteiger partial charge in [-0.25, -0.2) is 4.79 Å². The van der Waals surface area contributed by atoms with Crippen molar-refractivity contribution < 1.29 is 14.3 Å². The molecule has 0 amide bonds. The fourth-order valence-electron chi connectivity index (χ4n) is 5.69. The SMILES string of the molecule is COC(=O)c1cccc2c1c1c(n2Cc2cccc(-c3ccccc3)c2)CC(c2ccc(Cl)cc2)CC1=O. The van der Waals surface area contributed by atoms with Gasteiger partial charge >= 0.3 is 5.97 Å². The van der Waals surface area contributed by atoms with Crippen LogP contribution in [-0.2, 0) is 17.7 Å². The van der Waals surface area contributed by atoms with Gasteiger partial charge in [0.2, 0.25) is 0 Å². The molecule has 1 aliphatic rings. The number of rotatable bonds is 5. The molecule has 5 heteroatoms. The van der Waals surface area contributed by atoms with Crippen LogP contribution in [0.4, 0.5) is 0 Å². The molecule has 188 valence electrons. The standard InChI is InChI=1S/C33H26ClNO3/c1-38-33(37)27-11-6-12-28-31(27)32-29(18-25(19-30(32)36)23-13-15-26(34)16-14-23)35(28)20-21-7-5-10-24(17-21)22-8-3-2-4-9-22/h2-17,25H,18-20H2,1H3. The Hall–Kier alpha value is -4.15. The molecule has 4 aromatic carbocycles. The number of hydrogen-bond acceptors (Lipinski definition) is 3. The quantitative estimate of drug-likeness (QED) is 0.223. The second kappa shape index (κ2) is 9.96. The number of nitrogens with zero attached hydrogens (tertiary/aromatic N) is 1. The van der Waals surface area contributed by atoms with E-state index in [1.807, 2.05) is 54.6 Å². The van der Waals surface area contributed by atoms with E-state index in [0.29, 0.717) is 40.9 Å². The van der Waals surface area contributed by atoms with Crippen LogP contribution in [0.15, 0.2) is 97.1 Å². The van der Waals surface area contributed by atoms with Crippen LogP contribution in [0.5, 0.6) is 0 Å². The first-order chi connectivity index (χ1) is 18.5. The molecule has 1 atom stereocenters. The van der Waals surface area contributed by atoms with Gasteiger partial charge in [-0.2, -0.15) is 0 Å². The zero-order valence-electron chi connectivity index (χ0n) is 21.0. The van der Waals surface area contributed by atoms with E-state index in [-0.39, 0.29) is 11.7 Å². The highest BCUT2D eigenvalue weighted by Crippen LogP contribution is 2.40. The smallest absolute Gasteiger partial charge is 0.338 e. The van der Waals surface area contributed by atoms with Crippen molar-refractivity contribution >= 4 is 34.3 Å². The molecular weight excluding hydrogens is 494 g/mol. The number of aromatic nitrogens is 1. The number of carbonyl (C=O) groups is 2. The summed E-state index contributed by atoms with van der Waals surface area (Å²) in [6.07, 6.45) is 1.07. The highest BCUT2D eigenvalue weighted by molar-refractivity contribution is 6.30. The molecule has 1 aliphatic carbocycles. The molecule has 0 aliphatic heterocycles. The van der Waals surface area contributed by atoms with Crippen molar-refractivity contribution in [3.05, 3.63) is 130 Å². The summed E-state index contributed by atoms with van der Waals surface area (Å²) in [6, 6.07) is 32.1. The van der Waals surface area contributed by atoms with Crippen molar-refractivity contribution in [3.8, 4) is 11.1 Å². The van der Waals surface area contributed by atoms with Crippen molar-refractivity contribution in [3.63, 3.8) is 0 Å². The molecule has 4 nitrogen and oxygen atoms in total. The Kier molecular flexibility index (Phi) is 6.34. The van der Waals surface area contributed by atoms with Crippen molar-refractivity contribution in [1.82, 2.24) is 4.57 Å². The molecule has 0 bridgehead atoms. The fraction of sp³-hybridized carbons (Fsp3) is 0.152. The maximum atomic E-state index is 13.7. The number of halogens is 1. The van der Waals surface area contributed by atoms with Gasteiger partial charge in [0.25, 0.3) is 0 Å². The van der Waals surface area contributed by atoms with E-state index in [1.54, 1.807) is 6.07 Å². The van der Waals surface area contributed by atoms with Crippen LogP contribution in [0.2, 0.25) is 5.02 Å². The van der Waals surface area contributed by atoms with Gasteiger partial charge < -0.3 is 9.30 Å². The first kappa shape index (κ1) is 24.2. The van der Waals surface area contributed by atoms with Crippen LogP contribution in [0.3, 0.4) is 0 Å². The van der Waals surface area contributed by atoms with E-state index in [2.05, 4.69) is 41.0 Å². The predicted molar refractivity (Wildman–Crippen MR) is 151 cm³/mol. The maximum Gasteiger partial charge on any atom is 0.338 e. The molecule has 0 radical (unpaired) electrons. The van der Waals surface area contributed by atoms with Gasteiger partial charge in [-0.15, -0.1) is 0 Å². The third-order valence-electron chi connectivity index (χ3n) is 7.47. The summed E-state index contributed by atoms with van der Waals surface area (Å²) in [7, 11) is 1.37. The summed E-state index contributed by atoms with van der Waals surface area (Å²) in [5.74, 6) is -0.355. The molecule has 6 rings (SSSR count). The molecule has 1 heterocycles. The highest BCUT2D eigenvalue weighted by Gasteiger charge is 2.34. The highest BCUT2D eigenvalue weighted by atomic mass is 35.5. The second-order valence-corrected chi connectivity index (χ2v) is 10.2. The lowest BCUT2D eigenvalue weighted by atomic mass is 9.81. The Morgan fingerprint density at radius 1 is 0.895 bits per heavy atom. The molecule has 1 aromatic heterocycles. The minimum Gasteiger partial charge on any atom is -0.465 e. The van der Waals surface area contributed by atoms with E-state index in [1.165, 1.54) is 7.11 Å². The Bertz CT molecular complexity index is 1670. The van der Waals surface area contributed by atoms with E-state index in [9.17, 15) is 9.59 Å². The third-order valence-corrected chi connectivity index (χ3v) is 7.72. The number of Topliss-reactive ketones (excluding diaryl/α,β-unsaturated/α-hetero) is 1. The van der Waals surface area contributed by atoms with E-state index in [4.69, 9.17) is 16.3 Å². The summed E-state index contributed by atoms with van der Waals surface area (Å²) in [6.45, 7) is 0.581. The molecule has 5 aromatic rings. The molecule has 0 fully saturated rings. The van der Waals surface area contributed by atoms with Crippen LogP contribution in [-0.4, -0.2) is 23.4 Å². The van der Waals surface area contributed by atoms with Gasteiger partial charge in [-0.1, -0.05) is 78.3 Å². The summed E-state index contributed by atoms with van der Waals surface area (Å²) >= 11 is 6.13. The number of ether oxygens (including phenoxy) is 1. The minimum atomic E-state index is -0.436. The Morgan fingerprint density at radius 2 is 1.63 bits per heavy atom. The molecule has 1 unspecified atom stereocenters. The lowest BCUT2D eigenvalue weighted by molar-refractivity contribution is 0.0603. The van der Waals surface area contributed by atoms with Gasteiger partial charge in [0.05, 0.1) is 18.2 Å². The summed E-state index contributed by atoms with van der Waals surface area (Å²) in [5, 5.41) is 1.36. The van der Waals surface area contributed by atoms with E-state index >= 15 is 0 Å². The van der Waals surface area contributed by atoms with Gasteiger partial charge in [-0.05, 0) is 64.9 Å². The topological polar surface area (TPSA) is 48.3 Å². The van der Waals surface area contributed by atoms with Crippen molar-refractivity contribution in [1.29, 1.82) is 0 Å². The maximum absolute atomic E-state index is 13.7.